The molecule has 41 heavy (non-hydrogen) atoms. The Hall–Kier alpha value is -3.07. The monoisotopic (exact) mass is 617 g/mol. The first kappa shape index (κ1) is 32.4. The number of nitrogens with one attached hydrogen (secondary N) is 1. The van der Waals surface area contributed by atoms with E-state index in [0.29, 0.717) is 27.7 Å². The highest BCUT2D eigenvalue weighted by molar-refractivity contribution is 7.92. The van der Waals surface area contributed by atoms with Crippen molar-refractivity contribution in [3.63, 3.8) is 0 Å². The third-order valence-electron chi connectivity index (χ3n) is 6.33. The van der Waals surface area contributed by atoms with Gasteiger partial charge in [-0.15, -0.1) is 0 Å². The topological polar surface area (TPSA) is 86.8 Å². The van der Waals surface area contributed by atoms with Gasteiger partial charge in [-0.25, -0.2) is 8.42 Å². The zero-order chi connectivity index (χ0) is 30.5. The number of halogens is 2. The van der Waals surface area contributed by atoms with Gasteiger partial charge in [-0.3, -0.25) is 13.9 Å². The number of benzene rings is 3. The number of hydrogen-bond acceptors (Lipinski definition) is 4. The van der Waals surface area contributed by atoms with Crippen molar-refractivity contribution in [1.82, 2.24) is 10.2 Å². The van der Waals surface area contributed by atoms with Gasteiger partial charge in [0.25, 0.3) is 10.0 Å². The second-order valence-corrected chi connectivity index (χ2v) is 13.8. The third-order valence-corrected chi connectivity index (χ3v) is 8.85. The van der Waals surface area contributed by atoms with Gasteiger partial charge in [-0.2, -0.15) is 0 Å². The van der Waals surface area contributed by atoms with Crippen molar-refractivity contribution < 1.29 is 18.0 Å². The molecule has 0 bridgehead atoms. The van der Waals surface area contributed by atoms with Crippen molar-refractivity contribution >= 4 is 50.7 Å². The van der Waals surface area contributed by atoms with Crippen LogP contribution in [0.4, 0.5) is 5.69 Å². The normalized spacial score (nSPS) is 12.5. The molecule has 0 saturated carbocycles. The lowest BCUT2D eigenvalue weighted by molar-refractivity contribution is -0.141. The molecule has 10 heteroatoms. The molecule has 0 radical (unpaired) electrons. The van der Waals surface area contributed by atoms with Crippen LogP contribution in [-0.2, 0) is 26.2 Å². The van der Waals surface area contributed by atoms with Crippen molar-refractivity contribution in [2.75, 3.05) is 10.8 Å². The summed E-state index contributed by atoms with van der Waals surface area (Å²) in [6.45, 7) is 10.6. The molecular weight excluding hydrogens is 581 g/mol. The summed E-state index contributed by atoms with van der Waals surface area (Å²) in [5.41, 5.74) is 2.18. The fourth-order valence-corrected chi connectivity index (χ4v) is 6.29. The van der Waals surface area contributed by atoms with Crippen LogP contribution in [0.25, 0.3) is 0 Å². The highest BCUT2D eigenvalue weighted by Crippen LogP contribution is 2.28. The molecule has 0 fully saturated rings. The minimum absolute atomic E-state index is 0.0257. The Bertz CT molecular complexity index is 1490. The summed E-state index contributed by atoms with van der Waals surface area (Å²) in [4.78, 5) is 29.1. The molecule has 1 N–H and O–H groups in total. The largest absolute Gasteiger partial charge is 0.350 e. The van der Waals surface area contributed by atoms with Gasteiger partial charge in [0, 0.05) is 12.1 Å². The molecule has 3 rings (SSSR count). The van der Waals surface area contributed by atoms with Crippen molar-refractivity contribution in [2.45, 2.75) is 71.0 Å². The van der Waals surface area contributed by atoms with Crippen LogP contribution in [0.2, 0.25) is 10.0 Å². The third kappa shape index (κ3) is 8.47. The van der Waals surface area contributed by atoms with Crippen LogP contribution >= 0.6 is 23.2 Å². The Balaban J connectivity index is 2.11. The van der Waals surface area contributed by atoms with Crippen molar-refractivity contribution in [3.8, 4) is 0 Å². The standard InChI is InChI=1S/C31H37Cl2N3O4S/c1-7-28(30(38)34-31(4,5)6)35(19-23-13-14-26(32)27(33)18-23)29(37)20-36(24-16-21(2)15-22(3)17-24)41(39,40)25-11-9-8-10-12-25/h8-18,28H,7,19-20H2,1-6H3,(H,34,38)/t28-/m0/s1. The zero-order valence-corrected chi connectivity index (χ0v) is 26.6. The smallest absolute Gasteiger partial charge is 0.264 e. The summed E-state index contributed by atoms with van der Waals surface area (Å²) in [6.07, 6.45) is 0.309. The maximum Gasteiger partial charge on any atom is 0.264 e. The first-order valence-electron chi connectivity index (χ1n) is 13.3. The van der Waals surface area contributed by atoms with E-state index in [1.165, 1.54) is 17.0 Å². The van der Waals surface area contributed by atoms with Crippen LogP contribution < -0.4 is 9.62 Å². The fraction of sp³-hybridized carbons (Fsp3) is 0.355. The Morgan fingerprint density at radius 2 is 1.51 bits per heavy atom. The molecule has 0 unspecified atom stereocenters. The van der Waals surface area contributed by atoms with Gasteiger partial charge in [0.15, 0.2) is 0 Å². The summed E-state index contributed by atoms with van der Waals surface area (Å²) in [5, 5.41) is 3.63. The highest BCUT2D eigenvalue weighted by atomic mass is 35.5. The van der Waals surface area contributed by atoms with E-state index in [1.807, 2.05) is 47.6 Å². The van der Waals surface area contributed by atoms with Crippen LogP contribution in [0.1, 0.15) is 50.8 Å². The van der Waals surface area contributed by atoms with Gasteiger partial charge in [-0.05, 0) is 94.1 Å². The summed E-state index contributed by atoms with van der Waals surface area (Å²) in [5.74, 6) is -0.872. The zero-order valence-electron chi connectivity index (χ0n) is 24.2. The van der Waals surface area contributed by atoms with Crippen molar-refractivity contribution in [3.05, 3.63) is 93.5 Å². The molecule has 0 aliphatic carbocycles. The van der Waals surface area contributed by atoms with E-state index in [-0.39, 0.29) is 17.3 Å². The van der Waals surface area contributed by atoms with Gasteiger partial charge in [0.2, 0.25) is 11.8 Å². The van der Waals surface area contributed by atoms with Gasteiger partial charge in [-0.1, -0.05) is 60.5 Å². The Morgan fingerprint density at radius 1 is 0.902 bits per heavy atom. The summed E-state index contributed by atoms with van der Waals surface area (Å²) >= 11 is 12.4. The molecule has 7 nitrogen and oxygen atoms in total. The minimum atomic E-state index is -4.14. The number of carbonyl (C=O) groups excluding carboxylic acids is 2. The van der Waals surface area contributed by atoms with Gasteiger partial charge < -0.3 is 10.2 Å². The predicted octanol–water partition coefficient (Wildman–Crippen LogP) is 6.53. The Morgan fingerprint density at radius 3 is 2.05 bits per heavy atom. The SMILES string of the molecule is CC[C@@H](C(=O)NC(C)(C)C)N(Cc1ccc(Cl)c(Cl)c1)C(=O)CN(c1cc(C)cc(C)c1)S(=O)(=O)c1ccccc1. The van der Waals surface area contributed by atoms with E-state index in [1.54, 1.807) is 48.5 Å². The number of aryl methyl sites for hydroxylation is 2. The predicted molar refractivity (Wildman–Crippen MR) is 166 cm³/mol. The van der Waals surface area contributed by atoms with E-state index in [0.717, 1.165) is 15.4 Å². The average Bonchev–Trinajstić information content (AvgIpc) is 2.87. The van der Waals surface area contributed by atoms with Crippen LogP contribution in [0, 0.1) is 13.8 Å². The van der Waals surface area contributed by atoms with Crippen molar-refractivity contribution in [2.24, 2.45) is 0 Å². The summed E-state index contributed by atoms with van der Waals surface area (Å²) < 4.78 is 29.0. The molecule has 3 aromatic carbocycles. The number of anilines is 1. The molecule has 220 valence electrons. The van der Waals surface area contributed by atoms with Gasteiger partial charge >= 0.3 is 0 Å². The van der Waals surface area contributed by atoms with Crippen LogP contribution in [0.5, 0.6) is 0 Å². The van der Waals surface area contributed by atoms with Crippen molar-refractivity contribution in [1.29, 1.82) is 0 Å². The number of sulfonamides is 1. The van der Waals surface area contributed by atoms with E-state index >= 15 is 0 Å². The van der Waals surface area contributed by atoms with Crippen LogP contribution in [-0.4, -0.2) is 43.3 Å². The molecule has 0 saturated heterocycles. The van der Waals surface area contributed by atoms with E-state index < -0.39 is 34.1 Å². The molecular formula is C31H37Cl2N3O4S. The highest BCUT2D eigenvalue weighted by Gasteiger charge is 2.34. The molecule has 0 aliphatic heterocycles. The number of hydrogen-bond donors (Lipinski definition) is 1. The molecule has 0 spiro atoms. The lowest BCUT2D eigenvalue weighted by Crippen LogP contribution is -2.55. The minimum Gasteiger partial charge on any atom is -0.350 e. The Kier molecular flexibility index (Phi) is 10.5. The van der Waals surface area contributed by atoms with Gasteiger partial charge in [0.1, 0.15) is 12.6 Å². The fourth-order valence-electron chi connectivity index (χ4n) is 4.55. The molecule has 1 atom stereocenters. The lowest BCUT2D eigenvalue weighted by atomic mass is 10.1. The van der Waals surface area contributed by atoms with Crippen LogP contribution in [0.3, 0.4) is 0 Å². The quantitative estimate of drug-likeness (QED) is 0.280. The number of carbonyl (C=O) groups is 2. The summed E-state index contributed by atoms with van der Waals surface area (Å²) in [6, 6.07) is 17.5. The first-order valence-corrected chi connectivity index (χ1v) is 15.5. The van der Waals surface area contributed by atoms with E-state index in [9.17, 15) is 18.0 Å². The number of nitrogens with zero attached hydrogens (tertiary/aromatic N) is 2. The maximum absolute atomic E-state index is 14.2. The molecule has 0 aliphatic rings. The molecule has 2 amide bonds. The summed E-state index contributed by atoms with van der Waals surface area (Å²) in [7, 11) is -4.14. The second kappa shape index (κ2) is 13.3. The lowest BCUT2D eigenvalue weighted by Gasteiger charge is -2.35. The van der Waals surface area contributed by atoms with E-state index in [4.69, 9.17) is 23.2 Å². The molecule has 0 aromatic heterocycles. The van der Waals surface area contributed by atoms with Gasteiger partial charge in [0.05, 0.1) is 20.6 Å². The Labute approximate surface area is 253 Å². The maximum atomic E-state index is 14.2. The first-order chi connectivity index (χ1) is 19.1. The average molecular weight is 619 g/mol. The molecule has 3 aromatic rings. The van der Waals surface area contributed by atoms with Crippen LogP contribution in [0.15, 0.2) is 71.6 Å². The second-order valence-electron chi connectivity index (χ2n) is 11.1. The number of rotatable bonds is 10. The number of amides is 2. The molecule has 0 heterocycles. The van der Waals surface area contributed by atoms with E-state index in [2.05, 4.69) is 5.32 Å².